The summed E-state index contributed by atoms with van der Waals surface area (Å²) < 4.78 is 1.05. The van der Waals surface area contributed by atoms with Crippen LogP contribution >= 0.6 is 15.9 Å². The Morgan fingerprint density at radius 1 is 1.38 bits per heavy atom. The minimum Gasteiger partial charge on any atom is -0.398 e. The molecule has 88 valence electrons. The molecule has 0 saturated heterocycles. The SMILES string of the molecule is CN(Cc1ccc(Br)cc1N)C1CCCC1. The van der Waals surface area contributed by atoms with E-state index in [0.29, 0.717) is 0 Å². The monoisotopic (exact) mass is 282 g/mol. The molecule has 1 aliphatic rings. The van der Waals surface area contributed by atoms with Crippen molar-refractivity contribution in [2.24, 2.45) is 0 Å². The molecule has 0 atom stereocenters. The molecule has 0 unspecified atom stereocenters. The van der Waals surface area contributed by atoms with E-state index in [4.69, 9.17) is 5.73 Å². The molecule has 1 aromatic rings. The van der Waals surface area contributed by atoms with Crippen molar-refractivity contribution in [3.63, 3.8) is 0 Å². The van der Waals surface area contributed by atoms with Crippen molar-refractivity contribution >= 4 is 21.6 Å². The maximum atomic E-state index is 6.01. The summed E-state index contributed by atoms with van der Waals surface area (Å²) in [7, 11) is 2.21. The molecule has 0 radical (unpaired) electrons. The number of rotatable bonds is 3. The van der Waals surface area contributed by atoms with Gasteiger partial charge in [-0.15, -0.1) is 0 Å². The Morgan fingerprint density at radius 2 is 2.06 bits per heavy atom. The predicted octanol–water partition coefficient (Wildman–Crippen LogP) is 3.41. The Labute approximate surface area is 106 Å². The lowest BCUT2D eigenvalue weighted by molar-refractivity contribution is 0.238. The van der Waals surface area contributed by atoms with Gasteiger partial charge in [0.15, 0.2) is 0 Å². The highest BCUT2D eigenvalue weighted by Crippen LogP contribution is 2.25. The van der Waals surface area contributed by atoms with Crippen molar-refractivity contribution in [1.29, 1.82) is 0 Å². The molecule has 2 nitrogen and oxygen atoms in total. The van der Waals surface area contributed by atoms with Crippen LogP contribution in [0.3, 0.4) is 0 Å². The van der Waals surface area contributed by atoms with E-state index in [2.05, 4.69) is 40.0 Å². The fourth-order valence-corrected chi connectivity index (χ4v) is 2.83. The van der Waals surface area contributed by atoms with Gasteiger partial charge in [-0.25, -0.2) is 0 Å². The Balaban J connectivity index is 2.02. The lowest BCUT2D eigenvalue weighted by Crippen LogP contribution is -2.28. The smallest absolute Gasteiger partial charge is 0.0371 e. The Hall–Kier alpha value is -0.540. The maximum Gasteiger partial charge on any atom is 0.0371 e. The van der Waals surface area contributed by atoms with E-state index in [9.17, 15) is 0 Å². The van der Waals surface area contributed by atoms with Crippen LogP contribution in [0.4, 0.5) is 5.69 Å². The first kappa shape index (κ1) is 11.9. The summed E-state index contributed by atoms with van der Waals surface area (Å²) in [6.07, 6.45) is 5.44. The van der Waals surface area contributed by atoms with Gasteiger partial charge in [0.05, 0.1) is 0 Å². The summed E-state index contributed by atoms with van der Waals surface area (Å²) in [5.74, 6) is 0. The van der Waals surface area contributed by atoms with Gasteiger partial charge in [-0.1, -0.05) is 34.8 Å². The molecule has 0 aliphatic heterocycles. The molecule has 3 heteroatoms. The number of nitrogens with zero attached hydrogens (tertiary/aromatic N) is 1. The zero-order chi connectivity index (χ0) is 11.5. The van der Waals surface area contributed by atoms with Gasteiger partial charge in [-0.3, -0.25) is 4.90 Å². The Bertz CT molecular complexity index is 359. The predicted molar refractivity (Wildman–Crippen MR) is 72.3 cm³/mol. The molecule has 1 aliphatic carbocycles. The van der Waals surface area contributed by atoms with E-state index in [1.54, 1.807) is 0 Å². The second kappa shape index (κ2) is 5.19. The maximum absolute atomic E-state index is 6.01. The van der Waals surface area contributed by atoms with Crippen molar-refractivity contribution in [2.75, 3.05) is 12.8 Å². The third kappa shape index (κ3) is 2.77. The molecule has 0 heterocycles. The van der Waals surface area contributed by atoms with Gasteiger partial charge < -0.3 is 5.73 Å². The Morgan fingerprint density at radius 3 is 2.69 bits per heavy atom. The van der Waals surface area contributed by atoms with Crippen molar-refractivity contribution in [2.45, 2.75) is 38.3 Å². The van der Waals surface area contributed by atoms with Gasteiger partial charge in [-0.05, 0) is 37.6 Å². The van der Waals surface area contributed by atoms with Crippen molar-refractivity contribution in [3.8, 4) is 0 Å². The number of nitrogen functional groups attached to an aromatic ring is 1. The summed E-state index contributed by atoms with van der Waals surface area (Å²) in [4.78, 5) is 2.44. The normalized spacial score (nSPS) is 17.2. The first-order valence-corrected chi connectivity index (χ1v) is 6.70. The molecule has 0 aromatic heterocycles. The quantitative estimate of drug-likeness (QED) is 0.861. The van der Waals surface area contributed by atoms with Crippen LogP contribution in [0.1, 0.15) is 31.2 Å². The van der Waals surface area contributed by atoms with Crippen molar-refractivity contribution in [1.82, 2.24) is 4.90 Å². The van der Waals surface area contributed by atoms with E-state index in [-0.39, 0.29) is 0 Å². The lowest BCUT2D eigenvalue weighted by atomic mass is 10.1. The van der Waals surface area contributed by atoms with E-state index in [1.807, 2.05) is 6.07 Å². The second-order valence-electron chi connectivity index (χ2n) is 4.70. The zero-order valence-corrected chi connectivity index (χ0v) is 11.3. The number of nitrogens with two attached hydrogens (primary N) is 1. The van der Waals surface area contributed by atoms with E-state index < -0.39 is 0 Å². The molecule has 0 spiro atoms. The second-order valence-corrected chi connectivity index (χ2v) is 5.61. The summed E-state index contributed by atoms with van der Waals surface area (Å²) in [6, 6.07) is 6.92. The summed E-state index contributed by atoms with van der Waals surface area (Å²) >= 11 is 3.44. The minimum absolute atomic E-state index is 0.753. The van der Waals surface area contributed by atoms with E-state index in [1.165, 1.54) is 31.2 Å². The number of hydrogen-bond donors (Lipinski definition) is 1. The fourth-order valence-electron chi connectivity index (χ4n) is 2.45. The van der Waals surface area contributed by atoms with Gasteiger partial charge in [0.2, 0.25) is 0 Å². The van der Waals surface area contributed by atoms with Crippen LogP contribution in [0.15, 0.2) is 22.7 Å². The average molecular weight is 283 g/mol. The van der Waals surface area contributed by atoms with Gasteiger partial charge in [0.25, 0.3) is 0 Å². The third-order valence-electron chi connectivity index (χ3n) is 3.48. The molecular weight excluding hydrogens is 264 g/mol. The molecule has 1 fully saturated rings. The molecule has 0 bridgehead atoms. The van der Waals surface area contributed by atoms with Crippen LogP contribution in [0.5, 0.6) is 0 Å². The molecule has 1 saturated carbocycles. The standard InChI is InChI=1S/C13H19BrN2/c1-16(12-4-2-3-5-12)9-10-6-7-11(14)8-13(10)15/h6-8,12H,2-5,9,15H2,1H3. The van der Waals surface area contributed by atoms with Crippen molar-refractivity contribution < 1.29 is 0 Å². The topological polar surface area (TPSA) is 29.3 Å². The molecule has 1 aromatic carbocycles. The third-order valence-corrected chi connectivity index (χ3v) is 3.97. The first-order chi connectivity index (χ1) is 7.66. The molecule has 2 N–H and O–H groups in total. The van der Waals surface area contributed by atoms with Crippen LogP contribution in [-0.4, -0.2) is 18.0 Å². The molecule has 2 rings (SSSR count). The summed E-state index contributed by atoms with van der Waals surface area (Å²) in [5, 5.41) is 0. The van der Waals surface area contributed by atoms with Crippen LogP contribution in [-0.2, 0) is 6.54 Å². The van der Waals surface area contributed by atoms with E-state index in [0.717, 1.165) is 22.7 Å². The van der Waals surface area contributed by atoms with Gasteiger partial charge in [0, 0.05) is 22.7 Å². The molecule has 0 amide bonds. The van der Waals surface area contributed by atoms with Crippen LogP contribution in [0.25, 0.3) is 0 Å². The van der Waals surface area contributed by atoms with Crippen LogP contribution < -0.4 is 5.73 Å². The van der Waals surface area contributed by atoms with Crippen LogP contribution in [0.2, 0.25) is 0 Å². The van der Waals surface area contributed by atoms with Gasteiger partial charge in [-0.2, -0.15) is 0 Å². The minimum atomic E-state index is 0.753. The van der Waals surface area contributed by atoms with Gasteiger partial charge >= 0.3 is 0 Å². The highest BCUT2D eigenvalue weighted by atomic mass is 79.9. The molecular formula is C13H19BrN2. The number of benzene rings is 1. The van der Waals surface area contributed by atoms with Crippen molar-refractivity contribution in [3.05, 3.63) is 28.2 Å². The molecule has 16 heavy (non-hydrogen) atoms. The zero-order valence-electron chi connectivity index (χ0n) is 9.75. The Kier molecular flexibility index (Phi) is 3.87. The fraction of sp³-hybridized carbons (Fsp3) is 0.538. The summed E-state index contributed by atoms with van der Waals surface area (Å²) in [5.41, 5.74) is 8.13. The van der Waals surface area contributed by atoms with Gasteiger partial charge in [0.1, 0.15) is 0 Å². The highest BCUT2D eigenvalue weighted by Gasteiger charge is 2.19. The number of anilines is 1. The number of hydrogen-bond acceptors (Lipinski definition) is 2. The van der Waals surface area contributed by atoms with E-state index >= 15 is 0 Å². The highest BCUT2D eigenvalue weighted by molar-refractivity contribution is 9.10. The van der Waals surface area contributed by atoms with Crippen LogP contribution in [0, 0.1) is 0 Å². The average Bonchev–Trinajstić information content (AvgIpc) is 2.75. The first-order valence-electron chi connectivity index (χ1n) is 5.91. The largest absolute Gasteiger partial charge is 0.398 e. The lowest BCUT2D eigenvalue weighted by Gasteiger charge is -2.24. The summed E-state index contributed by atoms with van der Waals surface area (Å²) in [6.45, 7) is 0.962. The number of halogens is 1.